The summed E-state index contributed by atoms with van der Waals surface area (Å²) in [6, 6.07) is -1.48. The third-order valence-corrected chi connectivity index (χ3v) is 11.7. The number of nitrogens with zero attached hydrogens (tertiary/aromatic N) is 3. The number of quaternary nitrogens is 1. The number of nitrogens with one attached hydrogen (secondary N) is 2. The van der Waals surface area contributed by atoms with E-state index >= 15 is 0 Å². The van der Waals surface area contributed by atoms with Crippen LogP contribution in [0, 0.1) is 0 Å². The zero-order chi connectivity index (χ0) is 25.4. The number of rotatable bonds is 5. The van der Waals surface area contributed by atoms with E-state index in [0.717, 1.165) is 55.4 Å². The highest BCUT2D eigenvalue weighted by Gasteiger charge is 2.65. The van der Waals surface area contributed by atoms with Gasteiger partial charge in [-0.1, -0.05) is 11.8 Å². The van der Waals surface area contributed by atoms with Gasteiger partial charge in [0.15, 0.2) is 18.2 Å². The highest BCUT2D eigenvalue weighted by atomic mass is 32.2. The first-order valence-corrected chi connectivity index (χ1v) is 14.2. The van der Waals surface area contributed by atoms with Gasteiger partial charge in [0.2, 0.25) is 0 Å². The number of hydrogen-bond donors (Lipinski definition) is 4. The quantitative estimate of drug-likeness (QED) is 0.320. The second-order valence-corrected chi connectivity index (χ2v) is 13.1. The highest BCUT2D eigenvalue weighted by molar-refractivity contribution is 8.05. The minimum atomic E-state index is -1.28. The summed E-state index contributed by atoms with van der Waals surface area (Å²) in [5.74, 6) is -1.06. The van der Waals surface area contributed by atoms with Crippen molar-refractivity contribution in [2.75, 3.05) is 25.2 Å². The van der Waals surface area contributed by atoms with Crippen molar-refractivity contribution in [3.63, 3.8) is 0 Å². The van der Waals surface area contributed by atoms with Crippen LogP contribution < -0.4 is 36.5 Å². The number of carboxylic acid groups (broad SMARTS) is 1. The van der Waals surface area contributed by atoms with Crippen LogP contribution >= 0.6 is 23.5 Å². The number of thioether (sulfide) groups is 2. The molecular formula is C25H24N6O4S2. The molecule has 1 aliphatic carbocycles. The molecule has 0 radical (unpaired) electrons. The van der Waals surface area contributed by atoms with E-state index in [4.69, 9.17) is 10.7 Å². The fraction of sp³-hybridized carbons (Fsp3) is 0.440. The van der Waals surface area contributed by atoms with Crippen LogP contribution in [0.15, 0.2) is 31.7 Å². The number of allylic oxidation sites excluding steroid dienone is 1. The van der Waals surface area contributed by atoms with Crippen LogP contribution in [-0.2, 0) is 15.0 Å². The number of benzene rings is 1. The molecule has 5 N–H and O–H groups in total. The fourth-order valence-corrected chi connectivity index (χ4v) is 10.5. The molecule has 0 amide bonds. The van der Waals surface area contributed by atoms with Crippen LogP contribution in [0.2, 0.25) is 0 Å². The van der Waals surface area contributed by atoms with Crippen LogP contribution in [0.5, 0.6) is 5.75 Å². The third-order valence-electron chi connectivity index (χ3n) is 8.84. The molecule has 1 fully saturated rings. The van der Waals surface area contributed by atoms with Crippen molar-refractivity contribution in [1.29, 1.82) is 0 Å². The largest absolute Gasteiger partial charge is 0.548 e. The minimum Gasteiger partial charge on any atom is -0.548 e. The molecule has 0 saturated carbocycles. The number of aliphatic carboxylic acids is 1. The molecule has 1 aromatic rings. The summed E-state index contributed by atoms with van der Waals surface area (Å²) in [6.07, 6.45) is 5.35. The number of carbonyl (C=O) groups is 2. The topological polar surface area (TPSA) is 148 Å². The van der Waals surface area contributed by atoms with Gasteiger partial charge in [-0.3, -0.25) is 19.7 Å². The molecule has 10 nitrogen and oxygen atoms in total. The van der Waals surface area contributed by atoms with Crippen molar-refractivity contribution in [3.8, 4) is 5.75 Å². The summed E-state index contributed by atoms with van der Waals surface area (Å²) in [6.45, 7) is 1.30. The van der Waals surface area contributed by atoms with Gasteiger partial charge in [0.05, 0.1) is 30.0 Å². The first-order chi connectivity index (χ1) is 17.8. The number of phenols is 1. The molecule has 6 atom stereocenters. The zero-order valence-electron chi connectivity index (χ0n) is 19.9. The van der Waals surface area contributed by atoms with Crippen molar-refractivity contribution in [2.24, 2.45) is 15.7 Å². The molecule has 6 aliphatic heterocycles. The lowest BCUT2D eigenvalue weighted by molar-refractivity contribution is -0.836. The van der Waals surface area contributed by atoms with Gasteiger partial charge in [-0.15, -0.1) is 11.8 Å². The number of nitrogens with two attached hydrogens (primary N) is 1. The molecular weight excluding hydrogens is 512 g/mol. The average molecular weight is 537 g/mol. The number of phenolic OH excluding ortho intramolecular Hbond substituents is 1. The van der Waals surface area contributed by atoms with Gasteiger partial charge in [-0.2, -0.15) is 0 Å². The predicted molar refractivity (Wildman–Crippen MR) is 138 cm³/mol. The summed E-state index contributed by atoms with van der Waals surface area (Å²) < 4.78 is 0. The van der Waals surface area contributed by atoms with Crippen LogP contribution in [-0.4, -0.2) is 66.0 Å². The van der Waals surface area contributed by atoms with Gasteiger partial charge in [0.25, 0.3) is 0 Å². The normalized spacial score (nSPS) is 34.0. The lowest BCUT2D eigenvalue weighted by Crippen LogP contribution is -3.06. The van der Waals surface area contributed by atoms with Crippen molar-refractivity contribution in [3.05, 3.63) is 37.8 Å². The molecule has 37 heavy (non-hydrogen) atoms. The summed E-state index contributed by atoms with van der Waals surface area (Å²) in [7, 11) is 1.98. The van der Waals surface area contributed by atoms with Gasteiger partial charge in [0, 0.05) is 40.3 Å². The van der Waals surface area contributed by atoms with Gasteiger partial charge in [-0.05, 0) is 24.5 Å². The van der Waals surface area contributed by atoms with Crippen molar-refractivity contribution >= 4 is 58.4 Å². The molecule has 6 heterocycles. The Kier molecular flexibility index (Phi) is 4.31. The number of carboxylic acids is 1. The SMILES string of the molecule is C[NH+]1CNC(SC2C3C(=O)C=C4SC5CC42c2c4c6c(c(O)c2=N5)N=CC=6CCN43)=C1CC(N)C(=O)[O-]. The molecule has 8 rings (SSSR count). The molecule has 7 aliphatic rings. The smallest absolute Gasteiger partial charge is 0.180 e. The lowest BCUT2D eigenvalue weighted by atomic mass is 9.63. The van der Waals surface area contributed by atoms with Gasteiger partial charge in [-0.25, -0.2) is 0 Å². The van der Waals surface area contributed by atoms with Gasteiger partial charge >= 0.3 is 0 Å². The Balaban J connectivity index is 1.37. The number of aromatic hydroxyl groups is 1. The fourth-order valence-electron chi connectivity index (χ4n) is 7.21. The second-order valence-electron chi connectivity index (χ2n) is 10.7. The first-order valence-electron chi connectivity index (χ1n) is 12.5. The van der Waals surface area contributed by atoms with Crippen molar-refractivity contribution < 1.29 is 24.7 Å². The maximum Gasteiger partial charge on any atom is 0.180 e. The van der Waals surface area contributed by atoms with E-state index in [9.17, 15) is 19.8 Å². The van der Waals surface area contributed by atoms with E-state index in [0.29, 0.717) is 24.3 Å². The van der Waals surface area contributed by atoms with Crippen LogP contribution in [0.1, 0.15) is 24.8 Å². The second kappa shape index (κ2) is 7.19. The van der Waals surface area contributed by atoms with E-state index < -0.39 is 17.4 Å². The van der Waals surface area contributed by atoms with E-state index in [1.165, 1.54) is 0 Å². The third kappa shape index (κ3) is 2.61. The number of anilines is 1. The van der Waals surface area contributed by atoms with Crippen molar-refractivity contribution in [1.82, 2.24) is 5.32 Å². The molecule has 1 aromatic carbocycles. The number of aliphatic imine (C=N–C) groups is 1. The average Bonchev–Trinajstić information content (AvgIpc) is 3.52. The first kappa shape index (κ1) is 22.2. The molecule has 6 unspecified atom stereocenters. The maximum atomic E-state index is 13.8. The van der Waals surface area contributed by atoms with E-state index in [1.54, 1.807) is 23.5 Å². The Morgan fingerprint density at radius 1 is 1.51 bits per heavy atom. The molecule has 190 valence electrons. The van der Waals surface area contributed by atoms with E-state index in [2.05, 4.69) is 15.2 Å². The Morgan fingerprint density at radius 3 is 3.16 bits per heavy atom. The molecule has 0 aromatic heterocycles. The summed E-state index contributed by atoms with van der Waals surface area (Å²) >= 11 is 3.25. The summed E-state index contributed by atoms with van der Waals surface area (Å²) in [5, 5.41) is 28.5. The highest BCUT2D eigenvalue weighted by Crippen LogP contribution is 2.65. The molecule has 1 spiro atoms. The zero-order valence-corrected chi connectivity index (χ0v) is 21.5. The lowest BCUT2D eigenvalue weighted by Gasteiger charge is -2.55. The van der Waals surface area contributed by atoms with Gasteiger partial charge < -0.3 is 31.0 Å². The molecule has 12 heteroatoms. The van der Waals surface area contributed by atoms with E-state index in [-0.39, 0.29) is 34.6 Å². The maximum absolute atomic E-state index is 13.8. The Bertz CT molecular complexity index is 1580. The Labute approximate surface area is 220 Å². The molecule has 3 bridgehead atoms. The van der Waals surface area contributed by atoms with Crippen LogP contribution in [0.3, 0.4) is 0 Å². The van der Waals surface area contributed by atoms with E-state index in [1.807, 2.05) is 19.3 Å². The Hall–Kier alpha value is -2.80. The number of carbonyl (C=O) groups excluding carboxylic acids is 2. The number of ketones is 1. The number of fused-ring (bicyclic) bond motifs is 3. The standard InChI is InChI=1S/C25H24N6O4S2/c1-30-8-28-23(11(30)4-10(26)24(34)35)37-22-19-12(32)5-13-25(22)6-14(36-13)29-18-16(25)20-15-9(2-3-31(19)20)7-27-17(15)21(18)33/h5,7,10,14,19,22,28,33H,2-4,6,8,26H2,1H3,(H,34,35). The summed E-state index contributed by atoms with van der Waals surface area (Å²) in [4.78, 5) is 39.1. The Morgan fingerprint density at radius 2 is 2.35 bits per heavy atom. The predicted octanol–water partition coefficient (Wildman–Crippen LogP) is -2.53. The van der Waals surface area contributed by atoms with Gasteiger partial charge in [0.1, 0.15) is 33.2 Å². The summed E-state index contributed by atoms with van der Waals surface area (Å²) in [5.41, 5.74) is 10.0. The number of hydrogen-bond acceptors (Lipinski definition) is 11. The van der Waals surface area contributed by atoms with Crippen molar-refractivity contribution in [2.45, 2.75) is 47.4 Å². The monoisotopic (exact) mass is 536 g/mol. The van der Waals surface area contributed by atoms with Crippen LogP contribution in [0.25, 0.3) is 5.57 Å². The van der Waals surface area contributed by atoms with Crippen LogP contribution in [0.4, 0.5) is 11.4 Å². The molecule has 1 saturated heterocycles. The minimum absolute atomic E-state index is 0.0849.